The second kappa shape index (κ2) is 5.27. The van der Waals surface area contributed by atoms with Crippen molar-refractivity contribution in [2.75, 3.05) is 32.7 Å². The van der Waals surface area contributed by atoms with Gasteiger partial charge in [0.05, 0.1) is 12.7 Å². The van der Waals surface area contributed by atoms with E-state index >= 15 is 0 Å². The molecule has 1 saturated heterocycles. The topological polar surface area (TPSA) is 107 Å². The molecule has 2 N–H and O–H groups in total. The summed E-state index contributed by atoms with van der Waals surface area (Å²) in [6.07, 6.45) is 1.30. The van der Waals surface area contributed by atoms with Crippen molar-refractivity contribution in [1.82, 2.24) is 19.2 Å². The van der Waals surface area contributed by atoms with Crippen molar-refractivity contribution >= 4 is 16.0 Å². The van der Waals surface area contributed by atoms with Crippen LogP contribution in [0.5, 0.6) is 0 Å². The van der Waals surface area contributed by atoms with Gasteiger partial charge in [0.2, 0.25) is 0 Å². The number of H-pyrrole nitrogens is 1. The Morgan fingerprint density at radius 3 is 2.53 bits per heavy atom. The first-order chi connectivity index (χ1) is 8.89. The number of nitrogens with one attached hydrogen (secondary N) is 1. The maximum Gasteiger partial charge on any atom is 0.317 e. The minimum absolute atomic E-state index is 0.0585. The molecule has 1 aromatic heterocycles. The van der Waals surface area contributed by atoms with Gasteiger partial charge in [0.25, 0.3) is 10.0 Å². The lowest BCUT2D eigenvalue weighted by molar-refractivity contribution is -0.138. The van der Waals surface area contributed by atoms with Crippen LogP contribution in [0.15, 0.2) is 11.2 Å². The maximum absolute atomic E-state index is 12.2. The standard InChI is InChI=1S/C10H16N4O4S/c1-8-11-6-9(12-8)19(17,18)14-4-2-13(3-5-14)7-10(15)16/h6H,2-5,7H2,1H3,(H,11,12)(H,15,16). The smallest absolute Gasteiger partial charge is 0.317 e. The Hall–Kier alpha value is -1.45. The number of carboxylic acids is 1. The fraction of sp³-hybridized carbons (Fsp3) is 0.600. The second-order valence-corrected chi connectivity index (χ2v) is 6.31. The normalized spacial score (nSPS) is 18.6. The monoisotopic (exact) mass is 288 g/mol. The van der Waals surface area contributed by atoms with Crippen LogP contribution < -0.4 is 0 Å². The number of rotatable bonds is 4. The highest BCUT2D eigenvalue weighted by Gasteiger charge is 2.30. The van der Waals surface area contributed by atoms with Crippen LogP contribution in [0.3, 0.4) is 0 Å². The number of carboxylic acid groups (broad SMARTS) is 1. The quantitative estimate of drug-likeness (QED) is 0.744. The Bertz CT molecular complexity index is 560. The molecule has 0 saturated carbocycles. The van der Waals surface area contributed by atoms with E-state index in [0.29, 0.717) is 18.9 Å². The highest BCUT2D eigenvalue weighted by atomic mass is 32.2. The SMILES string of the molecule is Cc1ncc(S(=O)(=O)N2CCN(CC(=O)O)CC2)[nH]1. The molecule has 1 aliphatic rings. The highest BCUT2D eigenvalue weighted by Crippen LogP contribution is 2.15. The van der Waals surface area contributed by atoms with Gasteiger partial charge in [-0.2, -0.15) is 4.31 Å². The lowest BCUT2D eigenvalue weighted by atomic mass is 10.3. The molecule has 106 valence electrons. The van der Waals surface area contributed by atoms with E-state index in [-0.39, 0.29) is 24.7 Å². The Morgan fingerprint density at radius 2 is 2.05 bits per heavy atom. The molecular weight excluding hydrogens is 272 g/mol. The molecular formula is C10H16N4O4S. The van der Waals surface area contributed by atoms with Crippen molar-refractivity contribution in [3.8, 4) is 0 Å². The number of aromatic amines is 1. The number of hydrogen-bond donors (Lipinski definition) is 2. The molecule has 0 amide bonds. The fourth-order valence-electron chi connectivity index (χ4n) is 1.99. The summed E-state index contributed by atoms with van der Waals surface area (Å²) in [5.41, 5.74) is 0. The van der Waals surface area contributed by atoms with Gasteiger partial charge in [0.15, 0.2) is 5.03 Å². The van der Waals surface area contributed by atoms with Gasteiger partial charge in [0, 0.05) is 26.2 Å². The molecule has 0 atom stereocenters. The third-order valence-corrected chi connectivity index (χ3v) is 4.80. The van der Waals surface area contributed by atoms with Crippen molar-refractivity contribution in [1.29, 1.82) is 0 Å². The molecule has 2 heterocycles. The van der Waals surface area contributed by atoms with Crippen LogP contribution in [0, 0.1) is 6.92 Å². The van der Waals surface area contributed by atoms with E-state index in [9.17, 15) is 13.2 Å². The molecule has 19 heavy (non-hydrogen) atoms. The molecule has 9 heteroatoms. The fourth-order valence-corrected chi connectivity index (χ4v) is 3.37. The number of aromatic nitrogens is 2. The number of sulfonamides is 1. The Morgan fingerprint density at radius 1 is 1.42 bits per heavy atom. The van der Waals surface area contributed by atoms with E-state index in [0.717, 1.165) is 0 Å². The average molecular weight is 288 g/mol. The predicted molar refractivity (Wildman–Crippen MR) is 66.2 cm³/mol. The molecule has 1 fully saturated rings. The number of piperazine rings is 1. The molecule has 0 bridgehead atoms. The Kier molecular flexibility index (Phi) is 3.88. The molecule has 2 rings (SSSR count). The third kappa shape index (κ3) is 3.11. The van der Waals surface area contributed by atoms with Gasteiger partial charge >= 0.3 is 5.97 Å². The molecule has 1 aromatic rings. The van der Waals surface area contributed by atoms with Gasteiger partial charge < -0.3 is 10.1 Å². The molecule has 0 aromatic carbocycles. The second-order valence-electron chi connectivity index (χ2n) is 4.41. The van der Waals surface area contributed by atoms with E-state index in [2.05, 4.69) is 9.97 Å². The zero-order valence-electron chi connectivity index (χ0n) is 10.5. The van der Waals surface area contributed by atoms with E-state index in [1.54, 1.807) is 11.8 Å². The van der Waals surface area contributed by atoms with Crippen LogP contribution >= 0.6 is 0 Å². The minimum Gasteiger partial charge on any atom is -0.480 e. The van der Waals surface area contributed by atoms with Crippen LogP contribution in [-0.2, 0) is 14.8 Å². The van der Waals surface area contributed by atoms with Gasteiger partial charge in [-0.1, -0.05) is 0 Å². The number of aliphatic carboxylic acids is 1. The average Bonchev–Trinajstić information content (AvgIpc) is 2.76. The summed E-state index contributed by atoms with van der Waals surface area (Å²) in [5, 5.41) is 8.77. The molecule has 0 aliphatic carbocycles. The molecule has 0 spiro atoms. The Labute approximate surface area is 111 Å². The van der Waals surface area contributed by atoms with E-state index in [1.807, 2.05) is 0 Å². The molecule has 0 unspecified atom stereocenters. The third-order valence-electron chi connectivity index (χ3n) is 2.99. The maximum atomic E-state index is 12.2. The minimum atomic E-state index is -3.55. The van der Waals surface area contributed by atoms with Gasteiger partial charge in [-0.25, -0.2) is 13.4 Å². The lowest BCUT2D eigenvalue weighted by Crippen LogP contribution is -2.49. The largest absolute Gasteiger partial charge is 0.480 e. The molecule has 8 nitrogen and oxygen atoms in total. The number of carbonyl (C=O) groups is 1. The summed E-state index contributed by atoms with van der Waals surface area (Å²) in [6, 6.07) is 0. The Balaban J connectivity index is 2.03. The van der Waals surface area contributed by atoms with Crippen LogP contribution in [0.1, 0.15) is 5.82 Å². The summed E-state index contributed by atoms with van der Waals surface area (Å²) in [5.74, 6) is -0.358. The van der Waals surface area contributed by atoms with Gasteiger partial charge in [0.1, 0.15) is 5.82 Å². The number of nitrogens with zero attached hydrogens (tertiary/aromatic N) is 3. The van der Waals surface area contributed by atoms with Crippen LogP contribution in [0.4, 0.5) is 0 Å². The zero-order chi connectivity index (χ0) is 14.0. The number of imidazole rings is 1. The van der Waals surface area contributed by atoms with Gasteiger partial charge in [-0.3, -0.25) is 9.69 Å². The summed E-state index contributed by atoms with van der Waals surface area (Å²) in [6.45, 7) is 3.03. The predicted octanol–water partition coefficient (Wildman–Crippen LogP) is -0.891. The summed E-state index contributed by atoms with van der Waals surface area (Å²) >= 11 is 0. The van der Waals surface area contributed by atoms with Crippen LogP contribution in [0.25, 0.3) is 0 Å². The van der Waals surface area contributed by atoms with Crippen LogP contribution in [-0.4, -0.2) is 71.4 Å². The summed E-state index contributed by atoms with van der Waals surface area (Å²) in [7, 11) is -3.55. The van der Waals surface area contributed by atoms with Gasteiger partial charge in [-0.15, -0.1) is 0 Å². The summed E-state index contributed by atoms with van der Waals surface area (Å²) < 4.78 is 25.8. The highest BCUT2D eigenvalue weighted by molar-refractivity contribution is 7.89. The first-order valence-electron chi connectivity index (χ1n) is 5.85. The van der Waals surface area contributed by atoms with E-state index in [4.69, 9.17) is 5.11 Å². The molecule has 0 radical (unpaired) electrons. The summed E-state index contributed by atoms with van der Waals surface area (Å²) in [4.78, 5) is 18.9. The lowest BCUT2D eigenvalue weighted by Gasteiger charge is -2.32. The first kappa shape index (κ1) is 14.0. The van der Waals surface area contributed by atoms with Crippen molar-refractivity contribution in [3.05, 3.63) is 12.0 Å². The van der Waals surface area contributed by atoms with Crippen molar-refractivity contribution in [2.45, 2.75) is 11.9 Å². The number of aryl methyl sites for hydroxylation is 1. The van der Waals surface area contributed by atoms with Crippen LogP contribution in [0.2, 0.25) is 0 Å². The van der Waals surface area contributed by atoms with E-state index in [1.165, 1.54) is 10.5 Å². The number of hydrogen-bond acceptors (Lipinski definition) is 5. The van der Waals surface area contributed by atoms with Crippen molar-refractivity contribution in [2.24, 2.45) is 0 Å². The van der Waals surface area contributed by atoms with E-state index < -0.39 is 16.0 Å². The zero-order valence-corrected chi connectivity index (χ0v) is 11.4. The van der Waals surface area contributed by atoms with Gasteiger partial charge in [-0.05, 0) is 6.92 Å². The molecule has 1 aliphatic heterocycles. The first-order valence-corrected chi connectivity index (χ1v) is 7.29. The van der Waals surface area contributed by atoms with Crippen molar-refractivity contribution < 1.29 is 18.3 Å². The van der Waals surface area contributed by atoms with Crippen molar-refractivity contribution in [3.63, 3.8) is 0 Å².